The Balaban J connectivity index is 2.52. The molecule has 1 aliphatic heterocycles. The van der Waals surface area contributed by atoms with Crippen molar-refractivity contribution in [1.82, 2.24) is 0 Å². The molecule has 1 aromatic carbocycles. The van der Waals surface area contributed by atoms with Crippen LogP contribution in [0.2, 0.25) is 0 Å². The number of Topliss-reactive ketones (excluding diaryl/α,β-unsaturated/α-hetero) is 1. The van der Waals surface area contributed by atoms with Gasteiger partial charge in [-0.1, -0.05) is 12.1 Å². The third kappa shape index (κ3) is 1.32. The van der Waals surface area contributed by atoms with Crippen molar-refractivity contribution in [2.45, 2.75) is 6.42 Å². The number of ketones is 1. The lowest BCUT2D eigenvalue weighted by Gasteiger charge is -2.15. The van der Waals surface area contributed by atoms with E-state index in [0.717, 1.165) is 0 Å². The Bertz CT molecular complexity index is 413. The molecule has 0 saturated heterocycles. The maximum atomic E-state index is 11.0. The first-order valence-electron chi connectivity index (χ1n) is 4.09. The van der Waals surface area contributed by atoms with Crippen LogP contribution in [0.25, 0.3) is 0 Å². The van der Waals surface area contributed by atoms with Crippen molar-refractivity contribution in [3.8, 4) is 5.75 Å². The summed E-state index contributed by atoms with van der Waals surface area (Å²) in [5.41, 5.74) is 0.519. The topological polar surface area (TPSA) is 69.4 Å². The molecular formula is C9H7NO4. The van der Waals surface area contributed by atoms with E-state index in [1.165, 1.54) is 6.07 Å². The van der Waals surface area contributed by atoms with E-state index in [4.69, 9.17) is 4.74 Å². The predicted octanol–water partition coefficient (Wildman–Crippen LogP) is 1.10. The molecule has 72 valence electrons. The first kappa shape index (κ1) is 8.68. The smallest absolute Gasteiger partial charge is 0.311 e. The molecule has 1 heterocycles. The number of fused-ring (bicyclic) bond motifs is 1. The Labute approximate surface area is 79.4 Å². The number of hydrogen-bond donors (Lipinski definition) is 0. The molecule has 0 atom stereocenters. The van der Waals surface area contributed by atoms with Gasteiger partial charge in [-0.2, -0.15) is 0 Å². The molecule has 0 saturated carbocycles. The molecule has 0 aromatic heterocycles. The van der Waals surface area contributed by atoms with E-state index in [2.05, 4.69) is 0 Å². The van der Waals surface area contributed by atoms with Crippen molar-refractivity contribution >= 4 is 11.5 Å². The van der Waals surface area contributed by atoms with Gasteiger partial charge in [0.1, 0.15) is 6.61 Å². The van der Waals surface area contributed by atoms with Crippen LogP contribution in [0.4, 0.5) is 5.69 Å². The van der Waals surface area contributed by atoms with Gasteiger partial charge in [-0.15, -0.1) is 0 Å². The van der Waals surface area contributed by atoms with Gasteiger partial charge in [-0.25, -0.2) is 0 Å². The number of nitro groups is 1. The molecule has 2 rings (SSSR count). The lowest BCUT2D eigenvalue weighted by atomic mass is 10.0. The zero-order valence-corrected chi connectivity index (χ0v) is 7.23. The standard InChI is InChI=1S/C9H7NO4/c11-7-4-6-2-1-3-8(10(12)13)9(6)14-5-7/h1-3H,4-5H2. The number of benzene rings is 1. The normalized spacial score (nSPS) is 14.4. The molecule has 0 N–H and O–H groups in total. The second kappa shape index (κ2) is 3.10. The van der Waals surface area contributed by atoms with Crippen LogP contribution in [-0.2, 0) is 11.2 Å². The van der Waals surface area contributed by atoms with E-state index in [1.54, 1.807) is 12.1 Å². The van der Waals surface area contributed by atoms with Crippen molar-refractivity contribution in [3.63, 3.8) is 0 Å². The summed E-state index contributed by atoms with van der Waals surface area (Å²) in [4.78, 5) is 21.1. The van der Waals surface area contributed by atoms with Crippen molar-refractivity contribution < 1.29 is 14.5 Å². The van der Waals surface area contributed by atoms with E-state index in [1.807, 2.05) is 0 Å². The number of hydrogen-bond acceptors (Lipinski definition) is 4. The average molecular weight is 193 g/mol. The zero-order valence-electron chi connectivity index (χ0n) is 7.23. The Morgan fingerprint density at radius 3 is 2.93 bits per heavy atom. The minimum Gasteiger partial charge on any atom is -0.479 e. The summed E-state index contributed by atoms with van der Waals surface area (Å²) < 4.78 is 5.04. The maximum absolute atomic E-state index is 11.0. The summed E-state index contributed by atoms with van der Waals surface area (Å²) in [6.45, 7) is -0.0716. The van der Waals surface area contributed by atoms with Crippen molar-refractivity contribution in [3.05, 3.63) is 33.9 Å². The van der Waals surface area contributed by atoms with Crippen molar-refractivity contribution in [1.29, 1.82) is 0 Å². The third-order valence-electron chi connectivity index (χ3n) is 2.04. The second-order valence-corrected chi connectivity index (χ2v) is 3.03. The third-order valence-corrected chi connectivity index (χ3v) is 2.04. The minimum absolute atomic E-state index is 0.0574. The van der Waals surface area contributed by atoms with Gasteiger partial charge < -0.3 is 4.74 Å². The summed E-state index contributed by atoms with van der Waals surface area (Å²) in [7, 11) is 0. The summed E-state index contributed by atoms with van der Waals surface area (Å²) >= 11 is 0. The van der Waals surface area contributed by atoms with E-state index in [0.29, 0.717) is 5.56 Å². The number of nitrogens with zero attached hydrogens (tertiary/aromatic N) is 1. The molecule has 14 heavy (non-hydrogen) atoms. The summed E-state index contributed by atoms with van der Waals surface area (Å²) in [6.07, 6.45) is 0.219. The molecular weight excluding hydrogens is 186 g/mol. The van der Waals surface area contributed by atoms with Gasteiger partial charge in [0, 0.05) is 18.1 Å². The van der Waals surface area contributed by atoms with Gasteiger partial charge in [0.2, 0.25) is 5.75 Å². The summed E-state index contributed by atoms with van der Waals surface area (Å²) in [5, 5.41) is 10.6. The first-order valence-corrected chi connectivity index (χ1v) is 4.09. The average Bonchev–Trinajstić information content (AvgIpc) is 2.16. The molecule has 0 amide bonds. The van der Waals surface area contributed by atoms with Crippen LogP contribution < -0.4 is 4.74 Å². The molecule has 1 aromatic rings. The minimum atomic E-state index is -0.505. The highest BCUT2D eigenvalue weighted by atomic mass is 16.6. The number of nitro benzene ring substituents is 1. The first-order chi connectivity index (χ1) is 6.68. The highest BCUT2D eigenvalue weighted by molar-refractivity contribution is 5.85. The number of ether oxygens (including phenoxy) is 1. The Morgan fingerprint density at radius 2 is 2.21 bits per heavy atom. The molecule has 5 heteroatoms. The van der Waals surface area contributed by atoms with E-state index in [9.17, 15) is 14.9 Å². The lowest BCUT2D eigenvalue weighted by molar-refractivity contribution is -0.385. The summed E-state index contributed by atoms with van der Waals surface area (Å²) in [6, 6.07) is 4.59. The second-order valence-electron chi connectivity index (χ2n) is 3.03. The van der Waals surface area contributed by atoms with Gasteiger partial charge in [0.15, 0.2) is 5.78 Å². The maximum Gasteiger partial charge on any atom is 0.311 e. The van der Waals surface area contributed by atoms with Gasteiger partial charge in [-0.05, 0) is 0 Å². The van der Waals surface area contributed by atoms with E-state index < -0.39 is 4.92 Å². The fourth-order valence-electron chi connectivity index (χ4n) is 1.44. The SMILES string of the molecule is O=C1COc2c(cccc2[N+](=O)[O-])C1. The monoisotopic (exact) mass is 193 g/mol. The fraction of sp³-hybridized carbons (Fsp3) is 0.222. The number of rotatable bonds is 1. The van der Waals surface area contributed by atoms with Crippen LogP contribution in [0.1, 0.15) is 5.56 Å². The molecule has 0 unspecified atom stereocenters. The van der Waals surface area contributed by atoms with Crippen LogP contribution in [-0.4, -0.2) is 17.3 Å². The Morgan fingerprint density at radius 1 is 1.43 bits per heavy atom. The van der Waals surface area contributed by atoms with Crippen LogP contribution in [0.5, 0.6) is 5.75 Å². The Hall–Kier alpha value is -1.91. The largest absolute Gasteiger partial charge is 0.479 e. The molecule has 0 aliphatic carbocycles. The number of carbonyl (C=O) groups excluding carboxylic acids is 1. The molecule has 0 fully saturated rings. The highest BCUT2D eigenvalue weighted by Crippen LogP contribution is 2.33. The number of carbonyl (C=O) groups is 1. The molecule has 0 radical (unpaired) electrons. The predicted molar refractivity (Wildman–Crippen MR) is 47.3 cm³/mol. The van der Waals surface area contributed by atoms with Crippen molar-refractivity contribution in [2.75, 3.05) is 6.61 Å². The quantitative estimate of drug-likeness (QED) is 0.494. The number of para-hydroxylation sites is 1. The van der Waals surface area contributed by atoms with Crippen molar-refractivity contribution in [2.24, 2.45) is 0 Å². The van der Waals surface area contributed by atoms with Crippen LogP contribution in [0.3, 0.4) is 0 Å². The van der Waals surface area contributed by atoms with Crippen LogP contribution >= 0.6 is 0 Å². The van der Waals surface area contributed by atoms with Crippen LogP contribution in [0, 0.1) is 10.1 Å². The van der Waals surface area contributed by atoms with Gasteiger partial charge in [0.05, 0.1) is 4.92 Å². The molecule has 0 bridgehead atoms. The summed E-state index contributed by atoms with van der Waals surface area (Å²) in [5.74, 6) is 0.176. The van der Waals surface area contributed by atoms with E-state index >= 15 is 0 Å². The van der Waals surface area contributed by atoms with Gasteiger partial charge in [-0.3, -0.25) is 14.9 Å². The van der Waals surface area contributed by atoms with Crippen LogP contribution in [0.15, 0.2) is 18.2 Å². The molecule has 5 nitrogen and oxygen atoms in total. The fourth-order valence-corrected chi connectivity index (χ4v) is 1.44. The van der Waals surface area contributed by atoms with Gasteiger partial charge in [0.25, 0.3) is 0 Å². The highest BCUT2D eigenvalue weighted by Gasteiger charge is 2.24. The van der Waals surface area contributed by atoms with Gasteiger partial charge >= 0.3 is 5.69 Å². The lowest BCUT2D eigenvalue weighted by Crippen LogP contribution is -2.20. The zero-order chi connectivity index (χ0) is 10.1. The van der Waals surface area contributed by atoms with E-state index in [-0.39, 0.29) is 30.2 Å². The molecule has 1 aliphatic rings. The molecule has 0 spiro atoms. The Kier molecular flexibility index (Phi) is 1.92.